The third-order valence-electron chi connectivity index (χ3n) is 4.76. The number of para-hydroxylation sites is 1. The first kappa shape index (κ1) is 25.6. The maximum absolute atomic E-state index is 13.7. The topological polar surface area (TPSA) is 75.3 Å². The number of alkyl halides is 3. The van der Waals surface area contributed by atoms with E-state index in [-0.39, 0.29) is 28.9 Å². The second-order valence-electron chi connectivity index (χ2n) is 7.75. The zero-order valence-electron chi connectivity index (χ0n) is 19.0. The van der Waals surface area contributed by atoms with Gasteiger partial charge < -0.3 is 20.7 Å². The molecule has 0 aliphatic heterocycles. The standard InChI is InChI=1S/C24H24F3IN4O2/c1-13(2)34-21-10-17(28)14(3)9-20(21)32-22-11-19(16(12-30-22)24(25,26)27)31-18-8-6-5-7-15(18)23(33)29-4/h5-13H,1-4H3,(H,29,33)(H2,30,31,32). The second-order valence-corrected chi connectivity index (χ2v) is 8.91. The monoisotopic (exact) mass is 584 g/mol. The molecule has 0 spiro atoms. The Hall–Kier alpha value is -3.02. The smallest absolute Gasteiger partial charge is 0.419 e. The van der Waals surface area contributed by atoms with E-state index in [1.165, 1.54) is 25.2 Å². The van der Waals surface area contributed by atoms with E-state index < -0.39 is 17.6 Å². The highest BCUT2D eigenvalue weighted by Crippen LogP contribution is 2.39. The largest absolute Gasteiger partial charge is 0.489 e. The lowest BCUT2D eigenvalue weighted by Crippen LogP contribution is -2.19. The normalized spacial score (nSPS) is 11.3. The Morgan fingerprint density at radius 1 is 1.06 bits per heavy atom. The summed E-state index contributed by atoms with van der Waals surface area (Å²) in [5.41, 5.74) is 0.806. The number of pyridine rings is 1. The summed E-state index contributed by atoms with van der Waals surface area (Å²) in [5, 5.41) is 8.32. The van der Waals surface area contributed by atoms with Gasteiger partial charge in [0.1, 0.15) is 11.6 Å². The van der Waals surface area contributed by atoms with E-state index in [0.717, 1.165) is 15.3 Å². The molecule has 0 saturated carbocycles. The fourth-order valence-corrected chi connectivity index (χ4v) is 3.61. The second kappa shape index (κ2) is 10.5. The van der Waals surface area contributed by atoms with Crippen LogP contribution in [0.25, 0.3) is 0 Å². The van der Waals surface area contributed by atoms with Gasteiger partial charge in [-0.05, 0) is 73.2 Å². The van der Waals surface area contributed by atoms with Crippen LogP contribution < -0.4 is 20.7 Å². The summed E-state index contributed by atoms with van der Waals surface area (Å²) in [5.74, 6) is 0.321. The summed E-state index contributed by atoms with van der Waals surface area (Å²) in [4.78, 5) is 16.2. The Morgan fingerprint density at radius 2 is 1.76 bits per heavy atom. The van der Waals surface area contributed by atoms with Crippen LogP contribution in [0.1, 0.15) is 35.3 Å². The van der Waals surface area contributed by atoms with Gasteiger partial charge in [0.25, 0.3) is 5.91 Å². The van der Waals surface area contributed by atoms with Crippen molar-refractivity contribution in [2.24, 2.45) is 0 Å². The van der Waals surface area contributed by atoms with Gasteiger partial charge in [-0.3, -0.25) is 4.79 Å². The molecule has 0 aliphatic carbocycles. The van der Waals surface area contributed by atoms with Crippen LogP contribution in [0.5, 0.6) is 5.75 Å². The Balaban J connectivity index is 2.05. The van der Waals surface area contributed by atoms with Crippen molar-refractivity contribution >= 4 is 51.4 Å². The number of aromatic nitrogens is 1. The quantitative estimate of drug-likeness (QED) is 0.272. The van der Waals surface area contributed by atoms with Gasteiger partial charge in [-0.25, -0.2) is 4.98 Å². The number of rotatable bonds is 7. The van der Waals surface area contributed by atoms with Gasteiger partial charge >= 0.3 is 6.18 Å². The van der Waals surface area contributed by atoms with E-state index in [2.05, 4.69) is 43.5 Å². The first-order valence-corrected chi connectivity index (χ1v) is 11.5. The van der Waals surface area contributed by atoms with Crippen LogP contribution in [0.2, 0.25) is 0 Å². The predicted molar refractivity (Wildman–Crippen MR) is 135 cm³/mol. The first-order valence-electron chi connectivity index (χ1n) is 10.4. The summed E-state index contributed by atoms with van der Waals surface area (Å²) in [6, 6.07) is 11.3. The molecule has 34 heavy (non-hydrogen) atoms. The van der Waals surface area contributed by atoms with Crippen LogP contribution in [0.15, 0.2) is 48.7 Å². The van der Waals surface area contributed by atoms with Gasteiger partial charge in [0.2, 0.25) is 0 Å². The molecule has 3 rings (SSSR count). The summed E-state index contributed by atoms with van der Waals surface area (Å²) < 4.78 is 48.1. The molecule has 6 nitrogen and oxygen atoms in total. The third kappa shape index (κ3) is 6.10. The molecule has 0 atom stereocenters. The van der Waals surface area contributed by atoms with Crippen LogP contribution in [0.3, 0.4) is 0 Å². The van der Waals surface area contributed by atoms with Crippen molar-refractivity contribution in [2.75, 3.05) is 17.7 Å². The lowest BCUT2D eigenvalue weighted by atomic mass is 10.1. The van der Waals surface area contributed by atoms with Crippen molar-refractivity contribution in [3.63, 3.8) is 0 Å². The van der Waals surface area contributed by atoms with E-state index in [1.807, 2.05) is 32.9 Å². The molecule has 2 aromatic carbocycles. The van der Waals surface area contributed by atoms with Crippen LogP contribution >= 0.6 is 22.6 Å². The molecule has 3 aromatic rings. The molecular formula is C24H24F3IN4O2. The highest BCUT2D eigenvalue weighted by atomic mass is 127. The maximum atomic E-state index is 13.7. The SMILES string of the molecule is CNC(=O)c1ccccc1Nc1cc(Nc2cc(C)c(I)cc2OC(C)C)ncc1C(F)(F)F. The lowest BCUT2D eigenvalue weighted by molar-refractivity contribution is -0.137. The number of ether oxygens (including phenoxy) is 1. The van der Waals surface area contributed by atoms with E-state index in [1.54, 1.807) is 12.1 Å². The summed E-state index contributed by atoms with van der Waals surface area (Å²) >= 11 is 2.20. The molecule has 0 saturated heterocycles. The summed E-state index contributed by atoms with van der Waals surface area (Å²) in [6.45, 7) is 5.70. The molecule has 10 heteroatoms. The molecule has 0 unspecified atom stereocenters. The predicted octanol–water partition coefficient (Wildman–Crippen LogP) is 6.65. The number of anilines is 4. The van der Waals surface area contributed by atoms with E-state index in [9.17, 15) is 18.0 Å². The van der Waals surface area contributed by atoms with Crippen LogP contribution in [0.4, 0.5) is 36.1 Å². The van der Waals surface area contributed by atoms with Gasteiger partial charge in [-0.1, -0.05) is 12.1 Å². The molecular weight excluding hydrogens is 560 g/mol. The molecule has 0 aliphatic rings. The van der Waals surface area contributed by atoms with Gasteiger partial charge in [-0.2, -0.15) is 13.2 Å². The fourth-order valence-electron chi connectivity index (χ4n) is 3.17. The number of nitrogens with one attached hydrogen (secondary N) is 3. The number of carbonyl (C=O) groups excluding carboxylic acids is 1. The zero-order chi connectivity index (χ0) is 25.0. The number of hydrogen-bond donors (Lipinski definition) is 3. The van der Waals surface area contributed by atoms with Gasteiger partial charge in [0.15, 0.2) is 0 Å². The number of benzene rings is 2. The Labute approximate surface area is 209 Å². The Morgan fingerprint density at radius 3 is 2.41 bits per heavy atom. The summed E-state index contributed by atoms with van der Waals surface area (Å²) in [7, 11) is 1.45. The van der Waals surface area contributed by atoms with Crippen LogP contribution in [-0.4, -0.2) is 24.0 Å². The molecule has 180 valence electrons. The van der Waals surface area contributed by atoms with Crippen molar-refractivity contribution < 1.29 is 22.7 Å². The Kier molecular flexibility index (Phi) is 7.90. The van der Waals surface area contributed by atoms with E-state index in [4.69, 9.17) is 4.74 Å². The molecule has 1 amide bonds. The molecule has 0 bridgehead atoms. The Bertz CT molecular complexity index is 1200. The van der Waals surface area contributed by atoms with Crippen molar-refractivity contribution in [3.05, 3.63) is 68.9 Å². The lowest BCUT2D eigenvalue weighted by Gasteiger charge is -2.19. The average molecular weight is 584 g/mol. The first-order chi connectivity index (χ1) is 16.0. The minimum absolute atomic E-state index is 0.0990. The number of aryl methyl sites for hydroxylation is 1. The van der Waals surface area contributed by atoms with Gasteiger partial charge in [-0.15, -0.1) is 0 Å². The number of halogens is 4. The minimum Gasteiger partial charge on any atom is -0.489 e. The molecule has 3 N–H and O–H groups in total. The molecule has 0 radical (unpaired) electrons. The number of amides is 1. The maximum Gasteiger partial charge on any atom is 0.419 e. The highest BCUT2D eigenvalue weighted by Gasteiger charge is 2.34. The molecule has 0 fully saturated rings. The number of nitrogens with zero attached hydrogens (tertiary/aromatic N) is 1. The van der Waals surface area contributed by atoms with Crippen LogP contribution in [-0.2, 0) is 6.18 Å². The zero-order valence-corrected chi connectivity index (χ0v) is 21.1. The molecule has 1 aromatic heterocycles. The number of carbonyl (C=O) groups is 1. The van der Waals surface area contributed by atoms with E-state index >= 15 is 0 Å². The third-order valence-corrected chi connectivity index (χ3v) is 5.93. The molecule has 1 heterocycles. The average Bonchev–Trinajstić information content (AvgIpc) is 2.76. The van der Waals surface area contributed by atoms with Crippen LogP contribution in [0, 0.1) is 10.5 Å². The van der Waals surface area contributed by atoms with Crippen molar-refractivity contribution in [3.8, 4) is 5.75 Å². The van der Waals surface area contributed by atoms with Gasteiger partial charge in [0.05, 0.1) is 34.3 Å². The highest BCUT2D eigenvalue weighted by molar-refractivity contribution is 14.1. The van der Waals surface area contributed by atoms with Crippen molar-refractivity contribution in [1.29, 1.82) is 0 Å². The number of hydrogen-bond acceptors (Lipinski definition) is 5. The van der Waals surface area contributed by atoms with E-state index in [0.29, 0.717) is 11.4 Å². The fraction of sp³-hybridized carbons (Fsp3) is 0.250. The minimum atomic E-state index is -4.65. The summed E-state index contributed by atoms with van der Waals surface area (Å²) in [6.07, 6.45) is -3.99. The van der Waals surface area contributed by atoms with Crippen molar-refractivity contribution in [2.45, 2.75) is 33.1 Å². The van der Waals surface area contributed by atoms with Crippen molar-refractivity contribution in [1.82, 2.24) is 10.3 Å². The van der Waals surface area contributed by atoms with Gasteiger partial charge in [0, 0.05) is 22.9 Å².